The van der Waals surface area contributed by atoms with Crippen LogP contribution in [0.15, 0.2) is 24.3 Å². The van der Waals surface area contributed by atoms with E-state index in [0.29, 0.717) is 6.04 Å². The predicted octanol–water partition coefficient (Wildman–Crippen LogP) is 1.99. The summed E-state index contributed by atoms with van der Waals surface area (Å²) in [6, 6.07) is 8.63. The summed E-state index contributed by atoms with van der Waals surface area (Å²) in [5.74, 6) is 0.886. The van der Waals surface area contributed by atoms with Crippen LogP contribution in [0.25, 0.3) is 0 Å². The Morgan fingerprint density at radius 1 is 1.33 bits per heavy atom. The molecule has 1 aromatic carbocycles. The van der Waals surface area contributed by atoms with Gasteiger partial charge in [0.05, 0.1) is 12.8 Å². The molecule has 0 unspecified atom stereocenters. The third-order valence-corrected chi connectivity index (χ3v) is 3.02. The zero-order valence-corrected chi connectivity index (χ0v) is 9.07. The third-order valence-electron chi connectivity index (χ3n) is 3.02. The molecule has 0 radical (unpaired) electrons. The lowest BCUT2D eigenvalue weighted by Crippen LogP contribution is -2.35. The van der Waals surface area contributed by atoms with Crippen molar-refractivity contribution in [2.75, 3.05) is 12.4 Å². The summed E-state index contributed by atoms with van der Waals surface area (Å²) in [4.78, 5) is 0. The summed E-state index contributed by atoms with van der Waals surface area (Å²) in [5, 5.41) is 3.46. The minimum Gasteiger partial charge on any atom is -0.495 e. The highest BCUT2D eigenvalue weighted by Gasteiger charge is 2.24. The molecule has 0 aromatic heterocycles. The normalized spacial score (nSPS) is 25.2. The molecule has 3 nitrogen and oxygen atoms in total. The zero-order chi connectivity index (χ0) is 10.7. The van der Waals surface area contributed by atoms with Crippen molar-refractivity contribution in [3.63, 3.8) is 0 Å². The van der Waals surface area contributed by atoms with Crippen molar-refractivity contribution in [3.8, 4) is 5.75 Å². The number of anilines is 1. The molecular formula is C12H18N2O. The number of benzene rings is 1. The number of nitrogens with two attached hydrogens (primary N) is 1. The van der Waals surface area contributed by atoms with Crippen molar-refractivity contribution >= 4 is 5.69 Å². The molecule has 3 heteroatoms. The van der Waals surface area contributed by atoms with Gasteiger partial charge in [0.2, 0.25) is 0 Å². The first-order valence-electron chi connectivity index (χ1n) is 5.46. The lowest BCUT2D eigenvalue weighted by Gasteiger charge is -2.20. The van der Waals surface area contributed by atoms with Crippen LogP contribution in [0.4, 0.5) is 5.69 Å². The lowest BCUT2D eigenvalue weighted by atomic mass is 10.1. The van der Waals surface area contributed by atoms with Crippen molar-refractivity contribution in [1.29, 1.82) is 0 Å². The number of ether oxygens (including phenoxy) is 1. The monoisotopic (exact) mass is 206 g/mol. The number of methoxy groups -OCH3 is 1. The average molecular weight is 206 g/mol. The third kappa shape index (κ3) is 2.23. The predicted molar refractivity (Wildman–Crippen MR) is 62.2 cm³/mol. The fraction of sp³-hybridized carbons (Fsp3) is 0.500. The summed E-state index contributed by atoms with van der Waals surface area (Å²) < 4.78 is 5.29. The van der Waals surface area contributed by atoms with Crippen LogP contribution < -0.4 is 15.8 Å². The Morgan fingerprint density at radius 3 is 2.80 bits per heavy atom. The second kappa shape index (κ2) is 4.53. The highest BCUT2D eigenvalue weighted by atomic mass is 16.5. The lowest BCUT2D eigenvalue weighted by molar-refractivity contribution is 0.415. The molecule has 1 saturated carbocycles. The van der Waals surface area contributed by atoms with Gasteiger partial charge in [-0.1, -0.05) is 12.1 Å². The van der Waals surface area contributed by atoms with Gasteiger partial charge in [-0.05, 0) is 31.4 Å². The minimum atomic E-state index is 0.273. The maximum absolute atomic E-state index is 6.02. The first-order valence-corrected chi connectivity index (χ1v) is 5.46. The number of rotatable bonds is 3. The first-order chi connectivity index (χ1) is 7.31. The molecule has 0 bridgehead atoms. The highest BCUT2D eigenvalue weighted by Crippen LogP contribution is 2.27. The van der Waals surface area contributed by atoms with Gasteiger partial charge in [-0.25, -0.2) is 0 Å². The fourth-order valence-corrected chi connectivity index (χ4v) is 2.13. The Bertz CT molecular complexity index is 327. The molecular weight excluding hydrogens is 188 g/mol. The van der Waals surface area contributed by atoms with Gasteiger partial charge < -0.3 is 15.8 Å². The Balaban J connectivity index is 2.09. The molecule has 1 fully saturated rings. The summed E-state index contributed by atoms with van der Waals surface area (Å²) >= 11 is 0. The minimum absolute atomic E-state index is 0.273. The number of nitrogens with one attached hydrogen (secondary N) is 1. The fourth-order valence-electron chi connectivity index (χ4n) is 2.13. The molecule has 0 amide bonds. The van der Waals surface area contributed by atoms with E-state index < -0.39 is 0 Å². The van der Waals surface area contributed by atoms with E-state index in [1.807, 2.05) is 24.3 Å². The van der Waals surface area contributed by atoms with Crippen LogP contribution in [-0.4, -0.2) is 19.2 Å². The molecule has 2 atom stereocenters. The van der Waals surface area contributed by atoms with Gasteiger partial charge in [0.25, 0.3) is 0 Å². The molecule has 1 aliphatic carbocycles. The maximum atomic E-state index is 6.02. The van der Waals surface area contributed by atoms with Crippen LogP contribution in [0, 0.1) is 0 Å². The number of para-hydroxylation sites is 2. The number of hydrogen-bond donors (Lipinski definition) is 2. The van der Waals surface area contributed by atoms with Gasteiger partial charge >= 0.3 is 0 Å². The van der Waals surface area contributed by atoms with E-state index in [2.05, 4.69) is 5.32 Å². The SMILES string of the molecule is COc1ccccc1N[C@H]1CCC[C@@H]1N. The molecule has 1 aliphatic rings. The van der Waals surface area contributed by atoms with Crippen molar-refractivity contribution in [2.24, 2.45) is 5.73 Å². The van der Waals surface area contributed by atoms with Crippen LogP contribution in [-0.2, 0) is 0 Å². The molecule has 82 valence electrons. The molecule has 3 N–H and O–H groups in total. The van der Waals surface area contributed by atoms with Crippen molar-refractivity contribution < 1.29 is 4.74 Å². The van der Waals surface area contributed by atoms with Crippen LogP contribution in [0.1, 0.15) is 19.3 Å². The molecule has 0 saturated heterocycles. The van der Waals surface area contributed by atoms with Crippen LogP contribution in [0.2, 0.25) is 0 Å². The van der Waals surface area contributed by atoms with E-state index in [9.17, 15) is 0 Å². The van der Waals surface area contributed by atoms with E-state index >= 15 is 0 Å². The second-order valence-electron chi connectivity index (χ2n) is 4.05. The zero-order valence-electron chi connectivity index (χ0n) is 9.07. The summed E-state index contributed by atoms with van der Waals surface area (Å²) in [5.41, 5.74) is 7.06. The van der Waals surface area contributed by atoms with E-state index in [1.54, 1.807) is 7.11 Å². The van der Waals surface area contributed by atoms with E-state index in [0.717, 1.165) is 24.3 Å². The van der Waals surface area contributed by atoms with Crippen LogP contribution in [0.5, 0.6) is 5.75 Å². The molecule has 0 heterocycles. The average Bonchev–Trinajstić information content (AvgIpc) is 2.65. The topological polar surface area (TPSA) is 47.3 Å². The Kier molecular flexibility index (Phi) is 3.11. The largest absolute Gasteiger partial charge is 0.495 e. The molecule has 1 aromatic rings. The van der Waals surface area contributed by atoms with Gasteiger partial charge in [-0.2, -0.15) is 0 Å². The van der Waals surface area contributed by atoms with E-state index in [4.69, 9.17) is 10.5 Å². The van der Waals surface area contributed by atoms with Gasteiger partial charge in [-0.15, -0.1) is 0 Å². The van der Waals surface area contributed by atoms with E-state index in [1.165, 1.54) is 6.42 Å². The van der Waals surface area contributed by atoms with Crippen LogP contribution in [0.3, 0.4) is 0 Å². The van der Waals surface area contributed by atoms with E-state index in [-0.39, 0.29) is 6.04 Å². The van der Waals surface area contributed by atoms with Crippen molar-refractivity contribution in [2.45, 2.75) is 31.3 Å². The second-order valence-corrected chi connectivity index (χ2v) is 4.05. The number of hydrogen-bond acceptors (Lipinski definition) is 3. The van der Waals surface area contributed by atoms with Gasteiger partial charge in [0.15, 0.2) is 0 Å². The Morgan fingerprint density at radius 2 is 2.13 bits per heavy atom. The first kappa shape index (κ1) is 10.3. The highest BCUT2D eigenvalue weighted by molar-refractivity contribution is 5.57. The molecule has 15 heavy (non-hydrogen) atoms. The summed E-state index contributed by atoms with van der Waals surface area (Å²) in [7, 11) is 1.69. The van der Waals surface area contributed by atoms with Gasteiger partial charge in [0.1, 0.15) is 5.75 Å². The molecule has 0 aliphatic heterocycles. The Labute approximate surface area is 90.6 Å². The van der Waals surface area contributed by atoms with Crippen LogP contribution >= 0.6 is 0 Å². The van der Waals surface area contributed by atoms with Gasteiger partial charge in [-0.3, -0.25) is 0 Å². The molecule has 2 rings (SSSR count). The van der Waals surface area contributed by atoms with Crippen molar-refractivity contribution in [3.05, 3.63) is 24.3 Å². The standard InChI is InChI=1S/C12H18N2O/c1-15-12-8-3-2-6-11(12)14-10-7-4-5-9(10)13/h2-3,6,8-10,14H,4-5,7,13H2,1H3/t9-,10-/m0/s1. The molecule has 0 spiro atoms. The summed E-state index contributed by atoms with van der Waals surface area (Å²) in [6.07, 6.45) is 3.49. The quantitative estimate of drug-likeness (QED) is 0.795. The van der Waals surface area contributed by atoms with Gasteiger partial charge in [0, 0.05) is 12.1 Å². The smallest absolute Gasteiger partial charge is 0.141 e. The maximum Gasteiger partial charge on any atom is 0.141 e. The van der Waals surface area contributed by atoms with Crippen molar-refractivity contribution in [1.82, 2.24) is 0 Å². The Hall–Kier alpha value is -1.22. The summed E-state index contributed by atoms with van der Waals surface area (Å²) in [6.45, 7) is 0.